The molecule has 1 fully saturated rings. The number of fused-ring (bicyclic) bond motifs is 2. The minimum absolute atomic E-state index is 0.304. The zero-order valence-electron chi connectivity index (χ0n) is 16.0. The Morgan fingerprint density at radius 1 is 1.18 bits per heavy atom. The smallest absolute Gasteiger partial charge is 0.324 e. The lowest BCUT2D eigenvalue weighted by molar-refractivity contribution is -0.134. The highest BCUT2D eigenvalue weighted by atomic mass is 16.2. The van der Waals surface area contributed by atoms with Crippen LogP contribution in [0.15, 0.2) is 42.5 Å². The highest BCUT2D eigenvalue weighted by Crippen LogP contribution is 2.39. The molecular weight excluding hydrogens is 354 g/mol. The Morgan fingerprint density at radius 2 is 1.96 bits per heavy atom. The highest BCUT2D eigenvalue weighted by molar-refractivity contribution is 6.10. The van der Waals surface area contributed by atoms with Crippen LogP contribution < -0.4 is 10.6 Å². The van der Waals surface area contributed by atoms with Crippen LogP contribution in [-0.2, 0) is 21.5 Å². The van der Waals surface area contributed by atoms with Gasteiger partial charge < -0.3 is 10.6 Å². The molecule has 28 heavy (non-hydrogen) atoms. The second kappa shape index (κ2) is 6.78. The van der Waals surface area contributed by atoms with Crippen molar-refractivity contribution >= 4 is 23.5 Å². The lowest BCUT2D eigenvalue weighted by Gasteiger charge is -2.33. The summed E-state index contributed by atoms with van der Waals surface area (Å²) in [6, 6.07) is 12.9. The number of rotatable bonds is 3. The van der Waals surface area contributed by atoms with Gasteiger partial charge in [-0.2, -0.15) is 0 Å². The van der Waals surface area contributed by atoms with E-state index in [2.05, 4.69) is 10.6 Å². The molecule has 1 atom stereocenters. The van der Waals surface area contributed by atoms with Crippen LogP contribution in [0, 0.1) is 13.8 Å². The Labute approximate surface area is 163 Å². The molecule has 0 bridgehead atoms. The molecule has 4 amide bonds. The van der Waals surface area contributed by atoms with E-state index in [0.29, 0.717) is 12.1 Å². The van der Waals surface area contributed by atoms with Crippen LogP contribution in [0.3, 0.4) is 0 Å². The van der Waals surface area contributed by atoms with E-state index in [-0.39, 0.29) is 12.5 Å². The minimum Gasteiger partial charge on any atom is -0.324 e. The molecule has 2 aromatic rings. The van der Waals surface area contributed by atoms with Crippen molar-refractivity contribution in [2.75, 3.05) is 11.9 Å². The van der Waals surface area contributed by atoms with Crippen LogP contribution in [0.5, 0.6) is 0 Å². The third kappa shape index (κ3) is 2.95. The number of aryl methyl sites for hydroxylation is 3. The van der Waals surface area contributed by atoms with Crippen molar-refractivity contribution in [3.05, 3.63) is 64.7 Å². The van der Waals surface area contributed by atoms with Crippen molar-refractivity contribution in [1.29, 1.82) is 0 Å². The maximum absolute atomic E-state index is 13.2. The fourth-order valence-corrected chi connectivity index (χ4v) is 4.24. The summed E-state index contributed by atoms with van der Waals surface area (Å²) in [5, 5.41) is 5.67. The topological polar surface area (TPSA) is 78.5 Å². The van der Waals surface area contributed by atoms with E-state index >= 15 is 0 Å². The molecule has 4 rings (SSSR count). The van der Waals surface area contributed by atoms with Crippen molar-refractivity contribution in [2.45, 2.75) is 38.6 Å². The Hall–Kier alpha value is -3.15. The third-order valence-corrected chi connectivity index (χ3v) is 5.61. The van der Waals surface area contributed by atoms with E-state index in [0.717, 1.165) is 40.0 Å². The molecule has 144 valence electrons. The summed E-state index contributed by atoms with van der Waals surface area (Å²) in [7, 11) is 0. The van der Waals surface area contributed by atoms with E-state index in [4.69, 9.17) is 0 Å². The molecule has 0 unspecified atom stereocenters. The lowest BCUT2D eigenvalue weighted by atomic mass is 9.76. The molecule has 2 aromatic carbocycles. The number of nitrogens with zero attached hydrogens (tertiary/aromatic N) is 1. The molecule has 0 aromatic heterocycles. The number of urea groups is 1. The summed E-state index contributed by atoms with van der Waals surface area (Å²) in [5.41, 5.74) is 3.58. The first-order chi connectivity index (χ1) is 13.4. The summed E-state index contributed by atoms with van der Waals surface area (Å²) in [4.78, 5) is 39.4. The SMILES string of the molecule is Cc1ccc(NC(=O)CN2C(=O)N[C@]3(CCCc4ccccc43)C2=O)c(C)c1. The number of carbonyl (C=O) groups is 3. The molecule has 2 aliphatic rings. The minimum atomic E-state index is -1.05. The largest absolute Gasteiger partial charge is 0.325 e. The Bertz CT molecular complexity index is 985. The van der Waals surface area contributed by atoms with Gasteiger partial charge in [0.2, 0.25) is 5.91 Å². The number of imide groups is 1. The zero-order valence-corrected chi connectivity index (χ0v) is 16.0. The quantitative estimate of drug-likeness (QED) is 0.807. The molecule has 0 saturated carbocycles. The van der Waals surface area contributed by atoms with E-state index in [1.54, 1.807) is 0 Å². The molecule has 1 aliphatic carbocycles. The van der Waals surface area contributed by atoms with E-state index in [9.17, 15) is 14.4 Å². The van der Waals surface area contributed by atoms with Crippen LogP contribution in [0.25, 0.3) is 0 Å². The normalized spacial score (nSPS) is 20.9. The Morgan fingerprint density at radius 3 is 2.75 bits per heavy atom. The maximum Gasteiger partial charge on any atom is 0.325 e. The van der Waals surface area contributed by atoms with Gasteiger partial charge in [-0.25, -0.2) is 4.79 Å². The number of amides is 4. The number of anilines is 1. The van der Waals surface area contributed by atoms with Gasteiger partial charge in [-0.3, -0.25) is 14.5 Å². The molecule has 1 heterocycles. The van der Waals surface area contributed by atoms with Crippen molar-refractivity contribution < 1.29 is 14.4 Å². The standard InChI is InChI=1S/C22H23N3O3/c1-14-9-10-18(15(2)12-14)23-19(26)13-25-20(27)22(24-21(25)28)11-5-7-16-6-3-4-8-17(16)22/h3-4,6,8-10,12H,5,7,11,13H2,1-2H3,(H,23,26)(H,24,28)/t22-/m0/s1. The van der Waals surface area contributed by atoms with Crippen molar-refractivity contribution in [3.8, 4) is 0 Å². The molecule has 2 N–H and O–H groups in total. The van der Waals surface area contributed by atoms with Crippen LogP contribution >= 0.6 is 0 Å². The zero-order chi connectivity index (χ0) is 19.9. The van der Waals surface area contributed by atoms with Gasteiger partial charge in [0.05, 0.1) is 0 Å². The fourth-order valence-electron chi connectivity index (χ4n) is 4.24. The summed E-state index contributed by atoms with van der Waals surface area (Å²) in [6.45, 7) is 3.58. The first-order valence-corrected chi connectivity index (χ1v) is 9.50. The molecule has 6 nitrogen and oxygen atoms in total. The second-order valence-electron chi connectivity index (χ2n) is 7.60. The van der Waals surface area contributed by atoms with Crippen LogP contribution in [0.1, 0.15) is 35.1 Å². The summed E-state index contributed by atoms with van der Waals surface area (Å²) < 4.78 is 0. The number of hydrogen-bond acceptors (Lipinski definition) is 3. The van der Waals surface area contributed by atoms with Crippen molar-refractivity contribution in [1.82, 2.24) is 10.2 Å². The molecule has 0 radical (unpaired) electrons. The van der Waals surface area contributed by atoms with Crippen LogP contribution in [0.2, 0.25) is 0 Å². The van der Waals surface area contributed by atoms with Gasteiger partial charge in [0, 0.05) is 5.69 Å². The average Bonchev–Trinajstić information content (AvgIpc) is 2.89. The maximum atomic E-state index is 13.2. The number of nitrogens with one attached hydrogen (secondary N) is 2. The Balaban J connectivity index is 1.55. The van der Waals surface area contributed by atoms with Gasteiger partial charge in [0.25, 0.3) is 5.91 Å². The summed E-state index contributed by atoms with van der Waals surface area (Å²) in [6.07, 6.45) is 2.24. The fraction of sp³-hybridized carbons (Fsp3) is 0.318. The lowest BCUT2D eigenvalue weighted by Crippen LogP contribution is -2.47. The Kier molecular flexibility index (Phi) is 4.41. The molecular formula is C22H23N3O3. The predicted molar refractivity (Wildman–Crippen MR) is 106 cm³/mol. The average molecular weight is 377 g/mol. The first-order valence-electron chi connectivity index (χ1n) is 9.50. The molecule has 1 aliphatic heterocycles. The van der Waals surface area contributed by atoms with Gasteiger partial charge in [-0.15, -0.1) is 0 Å². The van der Waals surface area contributed by atoms with Crippen LogP contribution in [0.4, 0.5) is 10.5 Å². The molecule has 1 saturated heterocycles. The van der Waals surface area contributed by atoms with E-state index in [1.807, 2.05) is 56.3 Å². The van der Waals surface area contributed by atoms with E-state index < -0.39 is 17.5 Å². The van der Waals surface area contributed by atoms with Crippen molar-refractivity contribution in [2.24, 2.45) is 0 Å². The number of carbonyl (C=O) groups excluding carboxylic acids is 3. The number of benzene rings is 2. The number of hydrogen-bond donors (Lipinski definition) is 2. The van der Waals surface area contributed by atoms with Gasteiger partial charge in [-0.1, -0.05) is 42.0 Å². The molecule has 1 spiro atoms. The second-order valence-corrected chi connectivity index (χ2v) is 7.60. The van der Waals surface area contributed by atoms with Crippen LogP contribution in [-0.4, -0.2) is 29.3 Å². The monoisotopic (exact) mass is 377 g/mol. The molecule has 6 heteroatoms. The van der Waals surface area contributed by atoms with E-state index in [1.165, 1.54) is 0 Å². The predicted octanol–water partition coefficient (Wildman–Crippen LogP) is 3.03. The summed E-state index contributed by atoms with van der Waals surface area (Å²) >= 11 is 0. The third-order valence-electron chi connectivity index (χ3n) is 5.61. The van der Waals surface area contributed by atoms with Gasteiger partial charge in [-0.05, 0) is 55.9 Å². The van der Waals surface area contributed by atoms with Crippen molar-refractivity contribution in [3.63, 3.8) is 0 Å². The summed E-state index contributed by atoms with van der Waals surface area (Å²) in [5.74, 6) is -0.739. The van der Waals surface area contributed by atoms with Gasteiger partial charge in [0.1, 0.15) is 12.1 Å². The highest BCUT2D eigenvalue weighted by Gasteiger charge is 2.54. The van der Waals surface area contributed by atoms with Gasteiger partial charge >= 0.3 is 6.03 Å². The van der Waals surface area contributed by atoms with Gasteiger partial charge in [0.15, 0.2) is 0 Å². The first kappa shape index (κ1) is 18.2.